The van der Waals surface area contributed by atoms with Gasteiger partial charge in [0.15, 0.2) is 0 Å². The summed E-state index contributed by atoms with van der Waals surface area (Å²) < 4.78 is 22.6. The molecule has 1 aromatic rings. The van der Waals surface area contributed by atoms with Gasteiger partial charge in [-0.25, -0.2) is 8.42 Å². The first-order chi connectivity index (χ1) is 9.41. The topological polar surface area (TPSA) is 54.5 Å². The second-order valence-electron chi connectivity index (χ2n) is 5.16. The highest BCUT2D eigenvalue weighted by molar-refractivity contribution is 8.13. The van der Waals surface area contributed by atoms with E-state index in [0.29, 0.717) is 11.5 Å². The highest BCUT2D eigenvalue weighted by Gasteiger charge is 2.26. The number of benzene rings is 1. The van der Waals surface area contributed by atoms with E-state index in [4.69, 9.17) is 10.7 Å². The van der Waals surface area contributed by atoms with Gasteiger partial charge in [0.25, 0.3) is 15.0 Å². The Kier molecular flexibility index (Phi) is 4.70. The monoisotopic (exact) mass is 315 g/mol. The van der Waals surface area contributed by atoms with E-state index in [9.17, 15) is 13.2 Å². The lowest BCUT2D eigenvalue weighted by molar-refractivity contribution is 0.0786. The zero-order chi connectivity index (χ0) is 14.8. The quantitative estimate of drug-likeness (QED) is 0.803. The minimum absolute atomic E-state index is 0.0330. The van der Waals surface area contributed by atoms with Crippen molar-refractivity contribution in [3.63, 3.8) is 0 Å². The van der Waals surface area contributed by atoms with Gasteiger partial charge in [0, 0.05) is 29.3 Å². The van der Waals surface area contributed by atoms with E-state index in [1.165, 1.54) is 12.1 Å². The van der Waals surface area contributed by atoms with Gasteiger partial charge in [-0.05, 0) is 37.0 Å². The molecule has 110 valence electrons. The molecule has 0 bridgehead atoms. The minimum atomic E-state index is -3.80. The number of halogens is 1. The number of likely N-dealkylation sites (tertiary alicyclic amines) is 1. The maximum absolute atomic E-state index is 12.4. The summed E-state index contributed by atoms with van der Waals surface area (Å²) in [5.41, 5.74) is 0.379. The molecule has 1 heterocycles. The van der Waals surface area contributed by atoms with Crippen LogP contribution in [0.1, 0.15) is 36.5 Å². The number of hydrogen-bond donors (Lipinski definition) is 0. The Morgan fingerprint density at radius 3 is 2.85 bits per heavy atom. The first kappa shape index (κ1) is 15.3. The third-order valence-corrected chi connectivity index (χ3v) is 4.98. The number of carbonyl (C=O) groups excluding carboxylic acids is 1. The molecule has 0 aromatic heterocycles. The van der Waals surface area contributed by atoms with Gasteiger partial charge in [0.2, 0.25) is 0 Å². The van der Waals surface area contributed by atoms with Gasteiger partial charge in [-0.1, -0.05) is 19.4 Å². The standard InChI is InChI=1S/C14H18ClNO3S/c1-2-4-11-7-8-16(10-11)14(17)12-5-3-6-13(9-12)20(15,18)19/h3,5-6,9,11H,2,4,7-8,10H2,1H3. The fourth-order valence-corrected chi connectivity index (χ4v) is 3.42. The van der Waals surface area contributed by atoms with Crippen molar-refractivity contribution < 1.29 is 13.2 Å². The van der Waals surface area contributed by atoms with E-state index < -0.39 is 9.05 Å². The second kappa shape index (κ2) is 6.14. The Morgan fingerprint density at radius 2 is 2.20 bits per heavy atom. The number of nitrogens with zero attached hydrogens (tertiary/aromatic N) is 1. The van der Waals surface area contributed by atoms with Crippen LogP contribution >= 0.6 is 10.7 Å². The summed E-state index contributed by atoms with van der Waals surface area (Å²) in [6.45, 7) is 3.63. The van der Waals surface area contributed by atoms with Crippen molar-refractivity contribution in [2.75, 3.05) is 13.1 Å². The molecule has 1 aliphatic heterocycles. The summed E-state index contributed by atoms with van der Waals surface area (Å²) in [6, 6.07) is 5.91. The average Bonchev–Trinajstić information content (AvgIpc) is 2.86. The van der Waals surface area contributed by atoms with Crippen LogP contribution in [0.25, 0.3) is 0 Å². The largest absolute Gasteiger partial charge is 0.338 e. The first-order valence-corrected chi connectivity index (χ1v) is 9.06. The van der Waals surface area contributed by atoms with Crippen molar-refractivity contribution in [3.8, 4) is 0 Å². The molecule has 0 aliphatic carbocycles. The van der Waals surface area contributed by atoms with E-state index in [0.717, 1.165) is 32.4 Å². The maximum Gasteiger partial charge on any atom is 0.261 e. The molecule has 4 nitrogen and oxygen atoms in total. The van der Waals surface area contributed by atoms with Crippen LogP contribution in [-0.2, 0) is 9.05 Å². The molecule has 0 N–H and O–H groups in total. The summed E-state index contributed by atoms with van der Waals surface area (Å²) in [5.74, 6) is 0.440. The van der Waals surface area contributed by atoms with Crippen molar-refractivity contribution in [1.29, 1.82) is 0 Å². The predicted octanol–water partition coefficient (Wildman–Crippen LogP) is 2.88. The molecule has 1 aliphatic rings. The van der Waals surface area contributed by atoms with E-state index >= 15 is 0 Å². The van der Waals surface area contributed by atoms with Crippen LogP contribution in [-0.4, -0.2) is 32.3 Å². The molecule has 2 rings (SSSR count). The van der Waals surface area contributed by atoms with E-state index in [1.807, 2.05) is 0 Å². The summed E-state index contributed by atoms with van der Waals surface area (Å²) in [7, 11) is 1.51. The van der Waals surface area contributed by atoms with E-state index in [2.05, 4.69) is 6.92 Å². The second-order valence-corrected chi connectivity index (χ2v) is 7.73. The third-order valence-electron chi connectivity index (χ3n) is 3.63. The van der Waals surface area contributed by atoms with Crippen LogP contribution in [0.15, 0.2) is 29.2 Å². The SMILES string of the molecule is CCCC1CCN(C(=O)c2cccc(S(=O)(=O)Cl)c2)C1. The summed E-state index contributed by atoms with van der Waals surface area (Å²) in [5, 5.41) is 0. The molecule has 6 heteroatoms. The Labute approximate surface area is 124 Å². The van der Waals surface area contributed by atoms with Gasteiger partial charge in [0.1, 0.15) is 0 Å². The Morgan fingerprint density at radius 1 is 1.45 bits per heavy atom. The number of amides is 1. The zero-order valence-electron chi connectivity index (χ0n) is 11.4. The smallest absolute Gasteiger partial charge is 0.261 e. The van der Waals surface area contributed by atoms with Crippen LogP contribution < -0.4 is 0 Å². The van der Waals surface area contributed by atoms with Gasteiger partial charge in [-0.2, -0.15) is 0 Å². The van der Waals surface area contributed by atoms with Gasteiger partial charge in [-0.15, -0.1) is 0 Å². The van der Waals surface area contributed by atoms with E-state index in [-0.39, 0.29) is 10.8 Å². The molecular weight excluding hydrogens is 298 g/mol. The van der Waals surface area contributed by atoms with Crippen LogP contribution in [0.4, 0.5) is 0 Å². The number of carbonyl (C=O) groups is 1. The molecule has 0 saturated carbocycles. The van der Waals surface area contributed by atoms with Crippen LogP contribution in [0.5, 0.6) is 0 Å². The lowest BCUT2D eigenvalue weighted by atomic mass is 10.0. The van der Waals surface area contributed by atoms with Crippen molar-refractivity contribution in [2.24, 2.45) is 5.92 Å². The molecule has 1 atom stereocenters. The van der Waals surface area contributed by atoms with Crippen LogP contribution in [0.3, 0.4) is 0 Å². The van der Waals surface area contributed by atoms with Crippen molar-refractivity contribution in [3.05, 3.63) is 29.8 Å². The average molecular weight is 316 g/mol. The zero-order valence-corrected chi connectivity index (χ0v) is 13.0. The molecule has 1 unspecified atom stereocenters. The molecule has 0 radical (unpaired) electrons. The third kappa shape index (κ3) is 3.52. The molecule has 0 spiro atoms. The predicted molar refractivity (Wildman–Crippen MR) is 78.4 cm³/mol. The summed E-state index contributed by atoms with van der Waals surface area (Å²) in [6.07, 6.45) is 3.26. The van der Waals surface area contributed by atoms with Gasteiger partial charge >= 0.3 is 0 Å². The van der Waals surface area contributed by atoms with Gasteiger partial charge in [0.05, 0.1) is 4.90 Å². The Bertz CT molecular complexity index is 600. The molecule has 1 amide bonds. The summed E-state index contributed by atoms with van der Waals surface area (Å²) in [4.78, 5) is 14.1. The van der Waals surface area contributed by atoms with Crippen LogP contribution in [0, 0.1) is 5.92 Å². The van der Waals surface area contributed by atoms with Crippen molar-refractivity contribution in [2.45, 2.75) is 31.1 Å². The summed E-state index contributed by atoms with van der Waals surface area (Å²) >= 11 is 0. The van der Waals surface area contributed by atoms with Gasteiger partial charge < -0.3 is 4.90 Å². The fraction of sp³-hybridized carbons (Fsp3) is 0.500. The van der Waals surface area contributed by atoms with Gasteiger partial charge in [-0.3, -0.25) is 4.79 Å². The Balaban J connectivity index is 2.14. The lowest BCUT2D eigenvalue weighted by Crippen LogP contribution is -2.28. The van der Waals surface area contributed by atoms with Crippen LogP contribution in [0.2, 0.25) is 0 Å². The maximum atomic E-state index is 12.4. The molecule has 1 saturated heterocycles. The normalized spacial score (nSPS) is 19.3. The number of hydrogen-bond acceptors (Lipinski definition) is 3. The van der Waals surface area contributed by atoms with Crippen molar-refractivity contribution in [1.82, 2.24) is 4.90 Å². The number of rotatable bonds is 4. The molecule has 1 fully saturated rings. The molecular formula is C14H18ClNO3S. The lowest BCUT2D eigenvalue weighted by Gasteiger charge is -2.16. The molecule has 1 aromatic carbocycles. The Hall–Kier alpha value is -1.07. The first-order valence-electron chi connectivity index (χ1n) is 6.76. The minimum Gasteiger partial charge on any atom is -0.338 e. The fourth-order valence-electron chi connectivity index (χ4n) is 2.62. The van der Waals surface area contributed by atoms with Crippen molar-refractivity contribution >= 4 is 25.6 Å². The molecule has 20 heavy (non-hydrogen) atoms. The van der Waals surface area contributed by atoms with E-state index in [1.54, 1.807) is 17.0 Å². The highest BCUT2D eigenvalue weighted by Crippen LogP contribution is 2.23. The highest BCUT2D eigenvalue weighted by atomic mass is 35.7.